The van der Waals surface area contributed by atoms with E-state index in [0.717, 1.165) is 0 Å². The number of carbonyl (C=O) groups excluding carboxylic acids is 1. The Morgan fingerprint density at radius 3 is 2.45 bits per heavy atom. The average Bonchev–Trinajstić information content (AvgIpc) is 2.94. The zero-order valence-corrected chi connectivity index (χ0v) is 12.0. The molecule has 3 aromatic rings. The number of nitrogens with one attached hydrogen (secondary N) is 1. The summed E-state index contributed by atoms with van der Waals surface area (Å²) in [5.41, 5.74) is 1.88. The first-order valence-electron chi connectivity index (χ1n) is 6.89. The second-order valence-electron chi connectivity index (χ2n) is 5.02. The Morgan fingerprint density at radius 1 is 1.14 bits per heavy atom. The number of aliphatic hydroxyl groups excluding tert-OH is 1. The van der Waals surface area contributed by atoms with Gasteiger partial charge in [0.2, 0.25) is 5.78 Å². The van der Waals surface area contributed by atoms with Crippen molar-refractivity contribution >= 4 is 22.5 Å². The van der Waals surface area contributed by atoms with E-state index >= 15 is 0 Å². The van der Waals surface area contributed by atoms with Crippen molar-refractivity contribution in [1.29, 1.82) is 5.41 Å². The van der Waals surface area contributed by atoms with Gasteiger partial charge in [0.25, 0.3) is 0 Å². The summed E-state index contributed by atoms with van der Waals surface area (Å²) < 4.78 is 1.41. The lowest BCUT2D eigenvalue weighted by Gasteiger charge is -2.15. The molecule has 1 aromatic heterocycles. The number of ketones is 1. The van der Waals surface area contributed by atoms with Gasteiger partial charge in [-0.25, -0.2) is 4.98 Å². The van der Waals surface area contributed by atoms with Gasteiger partial charge in [-0.2, -0.15) is 0 Å². The molecular weight excluding hydrogens is 278 g/mol. The molecule has 5 heteroatoms. The lowest BCUT2D eigenvalue weighted by atomic mass is 10.1. The number of imidazole rings is 1. The molecule has 5 nitrogen and oxygen atoms in total. The predicted molar refractivity (Wildman–Crippen MR) is 84.3 cm³/mol. The minimum atomic E-state index is -1.41. The van der Waals surface area contributed by atoms with E-state index in [-0.39, 0.29) is 11.5 Å². The van der Waals surface area contributed by atoms with Crippen molar-refractivity contribution in [3.63, 3.8) is 0 Å². The van der Waals surface area contributed by atoms with Crippen LogP contribution in [0.25, 0.3) is 11.0 Å². The molecule has 0 spiro atoms. The highest BCUT2D eigenvalue weighted by atomic mass is 16.3. The van der Waals surface area contributed by atoms with Crippen molar-refractivity contribution in [2.75, 3.05) is 0 Å². The van der Waals surface area contributed by atoms with Crippen molar-refractivity contribution in [3.05, 3.63) is 66.0 Å². The lowest BCUT2D eigenvalue weighted by Crippen LogP contribution is -2.22. The van der Waals surface area contributed by atoms with Gasteiger partial charge >= 0.3 is 0 Å². The van der Waals surface area contributed by atoms with Crippen LogP contribution in [0.1, 0.15) is 29.3 Å². The molecule has 2 aromatic carbocycles. The largest absolute Gasteiger partial charge is 0.366 e. The fourth-order valence-electron chi connectivity index (χ4n) is 2.43. The second kappa shape index (κ2) is 5.54. The number of rotatable bonds is 4. The van der Waals surface area contributed by atoms with Crippen LogP contribution < -0.4 is 0 Å². The van der Waals surface area contributed by atoms with Crippen LogP contribution in [0.5, 0.6) is 0 Å². The fraction of sp³-hybridized carbons (Fsp3) is 0.118. The molecule has 1 unspecified atom stereocenters. The molecule has 0 aliphatic heterocycles. The minimum Gasteiger partial charge on any atom is -0.366 e. The zero-order valence-electron chi connectivity index (χ0n) is 12.0. The van der Waals surface area contributed by atoms with Gasteiger partial charge in [0, 0.05) is 5.56 Å². The molecule has 0 bridgehead atoms. The van der Waals surface area contributed by atoms with Gasteiger partial charge in [0.05, 0.1) is 16.7 Å². The molecule has 0 saturated carbocycles. The van der Waals surface area contributed by atoms with Gasteiger partial charge < -0.3 is 10.5 Å². The minimum absolute atomic E-state index is 0.191. The highest BCUT2D eigenvalue weighted by Crippen LogP contribution is 2.22. The summed E-state index contributed by atoms with van der Waals surface area (Å²) in [6, 6.07) is 15.8. The van der Waals surface area contributed by atoms with Crippen LogP contribution in [-0.2, 0) is 0 Å². The molecule has 0 aliphatic rings. The number of carbonyl (C=O) groups is 1. The Bertz CT molecular complexity index is 853. The van der Waals surface area contributed by atoms with Gasteiger partial charge in [-0.05, 0) is 19.1 Å². The van der Waals surface area contributed by atoms with Crippen LogP contribution >= 0.6 is 0 Å². The molecule has 110 valence electrons. The van der Waals surface area contributed by atoms with Crippen molar-refractivity contribution in [1.82, 2.24) is 9.55 Å². The Balaban J connectivity index is 2.14. The Morgan fingerprint density at radius 2 is 1.77 bits per heavy atom. The van der Waals surface area contributed by atoms with Crippen molar-refractivity contribution < 1.29 is 9.90 Å². The van der Waals surface area contributed by atoms with Crippen LogP contribution in [0, 0.1) is 5.41 Å². The first kappa shape index (κ1) is 14.2. The van der Waals surface area contributed by atoms with Crippen LogP contribution in [-0.4, -0.2) is 26.2 Å². The summed E-state index contributed by atoms with van der Waals surface area (Å²) in [6.07, 6.45) is -1.41. The third-order valence-corrected chi connectivity index (χ3v) is 3.47. The van der Waals surface area contributed by atoms with Gasteiger partial charge in [-0.1, -0.05) is 42.5 Å². The first-order valence-corrected chi connectivity index (χ1v) is 6.89. The predicted octanol–water partition coefficient (Wildman–Crippen LogP) is 2.80. The SMILES string of the molecule is CC(=N)c1nc2ccccc2n1C(O)C(=O)c1ccccc1. The number of fused-ring (bicyclic) bond motifs is 1. The van der Waals surface area contributed by atoms with Crippen LogP contribution in [0.4, 0.5) is 0 Å². The standard InChI is InChI=1S/C17H15N3O2/c1-11(18)16-19-13-9-5-6-10-14(13)20(16)17(22)15(21)12-7-3-2-4-8-12/h2-10,17-18,22H,1H3. The lowest BCUT2D eigenvalue weighted by molar-refractivity contribution is 0.0585. The highest BCUT2D eigenvalue weighted by Gasteiger charge is 2.24. The summed E-state index contributed by atoms with van der Waals surface area (Å²) in [5.74, 6) is -0.135. The van der Waals surface area contributed by atoms with Gasteiger partial charge in [-0.3, -0.25) is 9.36 Å². The maximum Gasteiger partial charge on any atom is 0.212 e. The molecule has 1 atom stereocenters. The van der Waals surface area contributed by atoms with E-state index < -0.39 is 12.0 Å². The first-order chi connectivity index (χ1) is 10.6. The Labute approximate surface area is 127 Å². The third kappa shape index (κ3) is 2.31. The normalized spacial score (nSPS) is 12.3. The van der Waals surface area contributed by atoms with Crippen molar-refractivity contribution in [2.24, 2.45) is 0 Å². The van der Waals surface area contributed by atoms with Gasteiger partial charge in [-0.15, -0.1) is 0 Å². The maximum absolute atomic E-state index is 12.5. The molecule has 0 aliphatic carbocycles. The van der Waals surface area contributed by atoms with E-state index in [1.54, 1.807) is 43.3 Å². The van der Waals surface area contributed by atoms with Gasteiger partial charge in [0.15, 0.2) is 12.1 Å². The highest BCUT2D eigenvalue weighted by molar-refractivity contribution is 6.01. The molecule has 3 rings (SSSR count). The number of hydrogen-bond donors (Lipinski definition) is 2. The average molecular weight is 293 g/mol. The molecule has 1 heterocycles. The smallest absolute Gasteiger partial charge is 0.212 e. The maximum atomic E-state index is 12.5. The van der Waals surface area contributed by atoms with E-state index in [0.29, 0.717) is 16.6 Å². The van der Waals surface area contributed by atoms with Crippen LogP contribution in [0.3, 0.4) is 0 Å². The monoisotopic (exact) mass is 293 g/mol. The van der Waals surface area contributed by atoms with E-state index in [1.807, 2.05) is 18.2 Å². The van der Waals surface area contributed by atoms with Gasteiger partial charge in [0.1, 0.15) is 0 Å². The number of nitrogens with zero attached hydrogens (tertiary/aromatic N) is 2. The molecule has 0 fully saturated rings. The topological polar surface area (TPSA) is 79.0 Å². The summed E-state index contributed by atoms with van der Waals surface area (Å²) in [7, 11) is 0. The number of Topliss-reactive ketones (excluding diaryl/α,β-unsaturated/α-hetero) is 1. The Hall–Kier alpha value is -2.79. The van der Waals surface area contributed by atoms with Crippen molar-refractivity contribution in [3.8, 4) is 0 Å². The number of hydrogen-bond acceptors (Lipinski definition) is 4. The summed E-state index contributed by atoms with van der Waals surface area (Å²) in [5, 5.41) is 18.4. The fourth-order valence-corrected chi connectivity index (χ4v) is 2.43. The molecule has 22 heavy (non-hydrogen) atoms. The quantitative estimate of drug-likeness (QED) is 0.573. The summed E-state index contributed by atoms with van der Waals surface area (Å²) in [4.78, 5) is 16.8. The molecule has 0 amide bonds. The number of aromatic nitrogens is 2. The molecule has 2 N–H and O–H groups in total. The van der Waals surface area contributed by atoms with Crippen LogP contribution in [0.15, 0.2) is 54.6 Å². The number of benzene rings is 2. The second-order valence-corrected chi connectivity index (χ2v) is 5.02. The third-order valence-electron chi connectivity index (χ3n) is 3.47. The van der Waals surface area contributed by atoms with Crippen molar-refractivity contribution in [2.45, 2.75) is 13.2 Å². The van der Waals surface area contributed by atoms with E-state index in [1.165, 1.54) is 4.57 Å². The van der Waals surface area contributed by atoms with Crippen LogP contribution in [0.2, 0.25) is 0 Å². The number of aliphatic hydroxyl groups is 1. The van der Waals surface area contributed by atoms with E-state index in [4.69, 9.17) is 5.41 Å². The zero-order chi connectivity index (χ0) is 15.7. The summed E-state index contributed by atoms with van der Waals surface area (Å²) in [6.45, 7) is 1.58. The Kier molecular flexibility index (Phi) is 3.56. The molecule has 0 radical (unpaired) electrons. The van der Waals surface area contributed by atoms with E-state index in [9.17, 15) is 9.90 Å². The van der Waals surface area contributed by atoms with E-state index in [2.05, 4.69) is 4.98 Å². The number of para-hydroxylation sites is 2. The molecular formula is C17H15N3O2. The summed E-state index contributed by atoms with van der Waals surface area (Å²) >= 11 is 0. The molecule has 0 saturated heterocycles.